The topological polar surface area (TPSA) is 135 Å². The van der Waals surface area contributed by atoms with Gasteiger partial charge in [0.15, 0.2) is 0 Å². The minimum absolute atomic E-state index is 0.374. The van der Waals surface area contributed by atoms with E-state index < -0.39 is 0 Å². The Morgan fingerprint density at radius 1 is 0.759 bits per heavy atom. The molecule has 3 aliphatic heterocycles. The first-order chi connectivity index (χ1) is 26.0. The molecule has 6 rings (SSSR count). The van der Waals surface area contributed by atoms with Crippen molar-refractivity contribution in [3.05, 3.63) is 95.4 Å². The number of amidine groups is 2. The standard InChI is InChI=1S/C11H16N2.C11H14N2.C11H13N2.3C2H6O.3CH4O/c3*1-8-9-6-4-5-7-10(9)13(3)11(8)12-2;3*1-3-2;3*1-2/h4-7,9-10,12H,1-3H3;4-8H,1-3H3;4-8H,2H2,1,3H3;3*1-2H3;3*2H,1H3/q;;+1;;;;;;. The molecule has 0 saturated carbocycles. The zero-order chi connectivity index (χ0) is 42.4. The third kappa shape index (κ3) is 15.3. The smallest absolute Gasteiger partial charge is 0.305 e. The van der Waals surface area contributed by atoms with Gasteiger partial charge in [0.2, 0.25) is 0 Å². The van der Waals surface area contributed by atoms with E-state index in [2.05, 4.69) is 152 Å². The van der Waals surface area contributed by atoms with Gasteiger partial charge in [-0.2, -0.15) is 0 Å². The van der Waals surface area contributed by atoms with Gasteiger partial charge in [-0.1, -0.05) is 72.6 Å². The number of aliphatic hydroxyl groups is 3. The molecule has 0 bridgehead atoms. The molecule has 0 radical (unpaired) electrons. The molecule has 306 valence electrons. The molecule has 12 nitrogen and oxygen atoms in total. The fraction of sp³-hybridized carbons (Fsp3) is 0.500. The number of nitrogens with one attached hydrogen (secondary N) is 1. The van der Waals surface area contributed by atoms with Gasteiger partial charge in [0.1, 0.15) is 24.1 Å². The van der Waals surface area contributed by atoms with Crippen LogP contribution in [0, 0.1) is 5.92 Å². The minimum Gasteiger partial charge on any atom is -0.400 e. The number of benzene rings is 2. The molecule has 4 aliphatic rings. The van der Waals surface area contributed by atoms with Gasteiger partial charge in [-0.05, 0) is 37.1 Å². The van der Waals surface area contributed by atoms with E-state index in [1.54, 1.807) is 42.7 Å². The van der Waals surface area contributed by atoms with Crippen LogP contribution in [0.5, 0.6) is 0 Å². The first-order valence-electron chi connectivity index (χ1n) is 17.5. The monoisotopic (exact) mass is 758 g/mol. The van der Waals surface area contributed by atoms with E-state index in [1.165, 1.54) is 33.9 Å². The summed E-state index contributed by atoms with van der Waals surface area (Å²) in [5, 5.41) is 24.3. The van der Waals surface area contributed by atoms with Crippen molar-refractivity contribution in [3.8, 4) is 0 Å². The number of aliphatic imine (C=N–C) groups is 2. The Morgan fingerprint density at radius 2 is 1.22 bits per heavy atom. The highest BCUT2D eigenvalue weighted by molar-refractivity contribution is 6.07. The molecule has 12 heteroatoms. The van der Waals surface area contributed by atoms with Crippen LogP contribution in [0.3, 0.4) is 0 Å². The van der Waals surface area contributed by atoms with E-state index in [-0.39, 0.29) is 0 Å². The van der Waals surface area contributed by atoms with Crippen molar-refractivity contribution < 1.29 is 34.1 Å². The molecule has 2 aromatic carbocycles. The fourth-order valence-electron chi connectivity index (χ4n) is 6.34. The van der Waals surface area contributed by atoms with Gasteiger partial charge in [-0.25, -0.2) is 4.58 Å². The third-order valence-electron chi connectivity index (χ3n) is 8.40. The molecule has 3 heterocycles. The number of likely N-dealkylation sites (N-methyl/N-ethyl adjacent to an activating group) is 2. The molecule has 4 N–H and O–H groups in total. The highest BCUT2D eigenvalue weighted by Gasteiger charge is 2.34. The van der Waals surface area contributed by atoms with Crippen LogP contribution in [0.25, 0.3) is 0 Å². The van der Waals surface area contributed by atoms with Crippen molar-refractivity contribution in [2.75, 3.05) is 104 Å². The molecular formula is C42H73N6O6+. The molecule has 0 spiro atoms. The number of rotatable bonds is 1. The Labute approximate surface area is 327 Å². The van der Waals surface area contributed by atoms with E-state index in [0.29, 0.717) is 23.8 Å². The van der Waals surface area contributed by atoms with E-state index in [9.17, 15) is 0 Å². The lowest BCUT2D eigenvalue weighted by molar-refractivity contribution is -0.402. The maximum absolute atomic E-state index is 7.00. The van der Waals surface area contributed by atoms with Gasteiger partial charge in [0.25, 0.3) is 0 Å². The highest BCUT2D eigenvalue weighted by Crippen LogP contribution is 2.37. The number of ether oxygens (including phenoxy) is 3. The van der Waals surface area contributed by atoms with Crippen molar-refractivity contribution in [2.24, 2.45) is 15.9 Å². The zero-order valence-electron chi connectivity index (χ0n) is 36.2. The molecule has 1 aliphatic carbocycles. The van der Waals surface area contributed by atoms with E-state index in [4.69, 9.17) is 15.3 Å². The molecular weight excluding hydrogens is 684 g/mol. The van der Waals surface area contributed by atoms with Crippen molar-refractivity contribution in [1.29, 1.82) is 0 Å². The number of para-hydroxylation sites is 2. The third-order valence-corrected chi connectivity index (χ3v) is 8.40. The predicted molar refractivity (Wildman–Crippen MR) is 230 cm³/mol. The Bertz CT molecular complexity index is 1420. The van der Waals surface area contributed by atoms with Crippen LogP contribution >= 0.6 is 0 Å². The number of fused-ring (bicyclic) bond motifs is 3. The lowest BCUT2D eigenvalue weighted by atomic mass is 9.92. The predicted octanol–water partition coefficient (Wildman–Crippen LogP) is 5.55. The van der Waals surface area contributed by atoms with Gasteiger partial charge in [-0.3, -0.25) is 4.99 Å². The highest BCUT2D eigenvalue weighted by atomic mass is 16.5. The van der Waals surface area contributed by atoms with Crippen LogP contribution in [0.15, 0.2) is 94.2 Å². The van der Waals surface area contributed by atoms with Crippen LogP contribution in [0.2, 0.25) is 0 Å². The molecule has 4 atom stereocenters. The number of methoxy groups -OCH3 is 3. The van der Waals surface area contributed by atoms with E-state index in [0.717, 1.165) is 33.0 Å². The van der Waals surface area contributed by atoms with Crippen LogP contribution in [-0.4, -0.2) is 148 Å². The number of hydrogen-bond donors (Lipinski definition) is 4. The summed E-state index contributed by atoms with van der Waals surface area (Å²) in [5.41, 5.74) is 6.70. The SMILES string of the molecule is C=NC1=[N+](C)c2ccccc2C1C.CN=C1C(C)c2ccccc2N1C.CNC1=C(C)C2C=CC=CC2N1C.CO.CO.CO.COC.COC.COC. The van der Waals surface area contributed by atoms with Gasteiger partial charge in [0, 0.05) is 115 Å². The van der Waals surface area contributed by atoms with Gasteiger partial charge in [-0.15, -0.1) is 0 Å². The summed E-state index contributed by atoms with van der Waals surface area (Å²) in [5.74, 6) is 4.84. The van der Waals surface area contributed by atoms with E-state index >= 15 is 0 Å². The van der Waals surface area contributed by atoms with Crippen molar-refractivity contribution in [2.45, 2.75) is 38.6 Å². The summed E-state index contributed by atoms with van der Waals surface area (Å²) >= 11 is 0. The van der Waals surface area contributed by atoms with E-state index in [1.807, 2.05) is 27.2 Å². The number of aliphatic hydroxyl groups excluding tert-OH is 3. The fourth-order valence-corrected chi connectivity index (χ4v) is 6.34. The van der Waals surface area contributed by atoms with Gasteiger partial charge < -0.3 is 44.6 Å². The molecule has 54 heavy (non-hydrogen) atoms. The Hall–Kier alpha value is -4.17. The van der Waals surface area contributed by atoms with Crippen LogP contribution in [-0.2, 0) is 14.2 Å². The number of anilines is 1. The first kappa shape index (κ1) is 54.2. The summed E-state index contributed by atoms with van der Waals surface area (Å²) in [6, 6.07) is 17.4. The van der Waals surface area contributed by atoms with Crippen molar-refractivity contribution in [1.82, 2.24) is 10.2 Å². The summed E-state index contributed by atoms with van der Waals surface area (Å²) in [7, 11) is 22.8. The second-order valence-corrected chi connectivity index (χ2v) is 11.7. The lowest BCUT2D eigenvalue weighted by Crippen LogP contribution is -2.32. The largest absolute Gasteiger partial charge is 0.400 e. The maximum Gasteiger partial charge on any atom is 0.305 e. The van der Waals surface area contributed by atoms with Gasteiger partial charge in [0.05, 0.1) is 19.0 Å². The summed E-state index contributed by atoms with van der Waals surface area (Å²) in [6.07, 6.45) is 8.81. The van der Waals surface area contributed by atoms with Crippen LogP contribution in [0.1, 0.15) is 43.7 Å². The van der Waals surface area contributed by atoms with Gasteiger partial charge >= 0.3 is 5.84 Å². The molecule has 0 fully saturated rings. The molecule has 2 aromatic rings. The van der Waals surface area contributed by atoms with Crippen LogP contribution in [0.4, 0.5) is 11.4 Å². The second kappa shape index (κ2) is 32.3. The average molecular weight is 758 g/mol. The minimum atomic E-state index is 0.374. The second-order valence-electron chi connectivity index (χ2n) is 11.7. The molecule has 0 amide bonds. The summed E-state index contributed by atoms with van der Waals surface area (Å²) < 4.78 is 14.9. The number of nitrogens with zero attached hydrogens (tertiary/aromatic N) is 5. The first-order valence-corrected chi connectivity index (χ1v) is 17.5. The summed E-state index contributed by atoms with van der Waals surface area (Å²) in [4.78, 5) is 12.8. The van der Waals surface area contributed by atoms with Crippen LogP contribution < -0.4 is 10.2 Å². The normalized spacial score (nSPS) is 19.4. The Morgan fingerprint density at radius 3 is 1.65 bits per heavy atom. The molecule has 0 aromatic heterocycles. The quantitative estimate of drug-likeness (QED) is 0.218. The number of allylic oxidation sites excluding steroid dienone is 2. The summed E-state index contributed by atoms with van der Waals surface area (Å²) in [6.45, 7) is 10.2. The maximum atomic E-state index is 7.00. The Kier molecular flexibility index (Phi) is 32.4. The Balaban J connectivity index is -0.000000612. The zero-order valence-corrected chi connectivity index (χ0v) is 36.2. The lowest BCUT2D eigenvalue weighted by Gasteiger charge is -2.26. The number of hydrogen-bond acceptors (Lipinski definition) is 10. The van der Waals surface area contributed by atoms with Crippen molar-refractivity contribution >= 4 is 29.8 Å². The molecule has 0 saturated heterocycles. The average Bonchev–Trinajstić information content (AvgIpc) is 3.72. The molecule has 4 unspecified atom stereocenters. The van der Waals surface area contributed by atoms with Crippen molar-refractivity contribution in [3.63, 3.8) is 0 Å².